The highest BCUT2D eigenvalue weighted by Gasteiger charge is 2.18. The van der Waals surface area contributed by atoms with E-state index in [2.05, 4.69) is 50.8 Å². The van der Waals surface area contributed by atoms with Gasteiger partial charge in [0, 0.05) is 13.2 Å². The quantitative estimate of drug-likeness (QED) is 0.700. The zero-order valence-corrected chi connectivity index (χ0v) is 13.1. The second-order valence-electron chi connectivity index (χ2n) is 5.15. The largest absolute Gasteiger partial charge is 0.451 e. The molecule has 1 aromatic carbocycles. The summed E-state index contributed by atoms with van der Waals surface area (Å²) in [4.78, 5) is 2.05. The van der Waals surface area contributed by atoms with Crippen molar-refractivity contribution < 1.29 is 9.47 Å². The lowest BCUT2D eigenvalue weighted by Gasteiger charge is -2.28. The first kappa shape index (κ1) is 16.0. The maximum Gasteiger partial charge on any atom is 0.261 e. The lowest BCUT2D eigenvalue weighted by Crippen LogP contribution is -2.39. The molecule has 0 saturated heterocycles. The molecule has 0 fully saturated rings. The van der Waals surface area contributed by atoms with E-state index in [9.17, 15) is 0 Å². The lowest BCUT2D eigenvalue weighted by atomic mass is 10.0. The van der Waals surface area contributed by atoms with Crippen LogP contribution in [0.5, 0.6) is 5.75 Å². The van der Waals surface area contributed by atoms with Crippen LogP contribution < -0.4 is 4.74 Å². The second kappa shape index (κ2) is 7.51. The molecule has 0 N–H and O–H groups in total. The summed E-state index contributed by atoms with van der Waals surface area (Å²) in [7, 11) is 2.01. The van der Waals surface area contributed by atoms with E-state index in [1.165, 1.54) is 11.1 Å². The van der Waals surface area contributed by atoms with Crippen LogP contribution in [0.15, 0.2) is 18.2 Å². The Morgan fingerprint density at radius 2 is 1.89 bits per heavy atom. The van der Waals surface area contributed by atoms with Gasteiger partial charge in [-0.05, 0) is 44.0 Å². The Kier molecular flexibility index (Phi) is 6.32. The van der Waals surface area contributed by atoms with Gasteiger partial charge in [-0.25, -0.2) is 4.90 Å². The molecule has 19 heavy (non-hydrogen) atoms. The number of rotatable bonds is 7. The van der Waals surface area contributed by atoms with Gasteiger partial charge < -0.3 is 9.47 Å². The summed E-state index contributed by atoms with van der Waals surface area (Å²) in [5.74, 6) is 1.36. The highest BCUT2D eigenvalue weighted by atomic mass is 16.7. The Morgan fingerprint density at radius 1 is 1.21 bits per heavy atom. The monoisotopic (exact) mass is 265 g/mol. The number of benzene rings is 1. The zero-order chi connectivity index (χ0) is 14.4. The molecular formula is C16H27NO2. The Hall–Kier alpha value is -1.06. The van der Waals surface area contributed by atoms with Crippen LogP contribution in [0, 0.1) is 6.92 Å². The van der Waals surface area contributed by atoms with E-state index in [1.807, 2.05) is 14.0 Å². The molecule has 0 spiro atoms. The standard InChI is InChI=1S/C16H27NO2/c1-7-17(6)16(18-8-2)19-15-11-13(5)9-10-14(15)12(3)4/h9-12,16H,7-8H2,1-6H3. The lowest BCUT2D eigenvalue weighted by molar-refractivity contribution is -0.163. The zero-order valence-electron chi connectivity index (χ0n) is 13.1. The number of nitrogens with zero attached hydrogens (tertiary/aromatic N) is 1. The highest BCUT2D eigenvalue weighted by Crippen LogP contribution is 2.28. The van der Waals surface area contributed by atoms with E-state index in [-0.39, 0.29) is 6.41 Å². The molecule has 0 heterocycles. The van der Waals surface area contributed by atoms with Crippen LogP contribution >= 0.6 is 0 Å². The average molecular weight is 265 g/mol. The molecule has 0 aromatic heterocycles. The van der Waals surface area contributed by atoms with Gasteiger partial charge in [0.15, 0.2) is 0 Å². The van der Waals surface area contributed by atoms with E-state index in [0.29, 0.717) is 12.5 Å². The molecule has 0 amide bonds. The summed E-state index contributed by atoms with van der Waals surface area (Å²) in [5, 5.41) is 0. The van der Waals surface area contributed by atoms with Crippen molar-refractivity contribution in [3.8, 4) is 5.75 Å². The van der Waals surface area contributed by atoms with Crippen molar-refractivity contribution in [2.75, 3.05) is 20.2 Å². The van der Waals surface area contributed by atoms with Crippen LogP contribution in [-0.2, 0) is 4.74 Å². The van der Waals surface area contributed by atoms with Crippen LogP contribution in [0.2, 0.25) is 0 Å². The molecular weight excluding hydrogens is 238 g/mol. The second-order valence-corrected chi connectivity index (χ2v) is 5.15. The normalized spacial score (nSPS) is 13.1. The van der Waals surface area contributed by atoms with Crippen molar-refractivity contribution >= 4 is 0 Å². The van der Waals surface area contributed by atoms with Gasteiger partial charge >= 0.3 is 0 Å². The Labute approximate surface area is 117 Å². The Morgan fingerprint density at radius 3 is 2.42 bits per heavy atom. The highest BCUT2D eigenvalue weighted by molar-refractivity contribution is 5.39. The molecule has 1 unspecified atom stereocenters. The van der Waals surface area contributed by atoms with Gasteiger partial charge in [0.05, 0.1) is 0 Å². The maximum absolute atomic E-state index is 6.08. The van der Waals surface area contributed by atoms with Gasteiger partial charge in [0.2, 0.25) is 0 Å². The summed E-state index contributed by atoms with van der Waals surface area (Å²) in [6.07, 6.45) is -0.325. The van der Waals surface area contributed by atoms with Crippen LogP contribution in [0.4, 0.5) is 0 Å². The third kappa shape index (κ3) is 4.51. The SMILES string of the molecule is CCOC(Oc1cc(C)ccc1C(C)C)N(C)CC. The van der Waals surface area contributed by atoms with Gasteiger partial charge in [-0.1, -0.05) is 32.9 Å². The molecule has 3 heteroatoms. The topological polar surface area (TPSA) is 21.7 Å². The molecule has 0 saturated carbocycles. The smallest absolute Gasteiger partial charge is 0.261 e. The number of ether oxygens (including phenoxy) is 2. The van der Waals surface area contributed by atoms with Gasteiger partial charge in [-0.15, -0.1) is 0 Å². The van der Waals surface area contributed by atoms with Crippen molar-refractivity contribution in [1.82, 2.24) is 4.90 Å². The molecule has 1 atom stereocenters. The molecule has 0 aliphatic carbocycles. The fraction of sp³-hybridized carbons (Fsp3) is 0.625. The van der Waals surface area contributed by atoms with Gasteiger partial charge in [0.1, 0.15) is 5.75 Å². The molecule has 0 aliphatic heterocycles. The molecule has 3 nitrogen and oxygen atoms in total. The van der Waals surface area contributed by atoms with Crippen LogP contribution in [0.3, 0.4) is 0 Å². The summed E-state index contributed by atoms with van der Waals surface area (Å²) in [6, 6.07) is 6.36. The minimum Gasteiger partial charge on any atom is -0.451 e. The molecule has 108 valence electrons. The molecule has 1 aromatic rings. The first-order chi connectivity index (χ1) is 8.99. The van der Waals surface area contributed by atoms with Crippen LogP contribution in [-0.4, -0.2) is 31.5 Å². The summed E-state index contributed by atoms with van der Waals surface area (Å²) in [5.41, 5.74) is 2.42. The molecule has 1 rings (SSSR count). The minimum atomic E-state index is -0.325. The first-order valence-corrected chi connectivity index (χ1v) is 7.08. The van der Waals surface area contributed by atoms with Crippen molar-refractivity contribution in [2.24, 2.45) is 0 Å². The van der Waals surface area contributed by atoms with Crippen molar-refractivity contribution in [3.05, 3.63) is 29.3 Å². The maximum atomic E-state index is 6.08. The van der Waals surface area contributed by atoms with E-state index in [4.69, 9.17) is 9.47 Å². The third-order valence-corrected chi connectivity index (χ3v) is 3.19. The number of aryl methyl sites for hydroxylation is 1. The summed E-state index contributed by atoms with van der Waals surface area (Å²) < 4.78 is 11.8. The molecule has 0 radical (unpaired) electrons. The predicted octanol–water partition coefficient (Wildman–Crippen LogP) is 3.77. The average Bonchev–Trinajstić information content (AvgIpc) is 2.37. The van der Waals surface area contributed by atoms with Gasteiger partial charge in [-0.3, -0.25) is 0 Å². The fourth-order valence-corrected chi connectivity index (χ4v) is 1.87. The van der Waals surface area contributed by atoms with E-state index in [0.717, 1.165) is 12.3 Å². The van der Waals surface area contributed by atoms with E-state index in [1.54, 1.807) is 0 Å². The third-order valence-electron chi connectivity index (χ3n) is 3.19. The predicted molar refractivity (Wildman–Crippen MR) is 79.6 cm³/mol. The number of hydrogen-bond donors (Lipinski definition) is 0. The Balaban J connectivity index is 2.97. The van der Waals surface area contributed by atoms with Crippen molar-refractivity contribution in [3.63, 3.8) is 0 Å². The summed E-state index contributed by atoms with van der Waals surface area (Å²) in [6.45, 7) is 12.0. The molecule has 0 aliphatic rings. The van der Waals surface area contributed by atoms with Gasteiger partial charge in [-0.2, -0.15) is 0 Å². The van der Waals surface area contributed by atoms with Crippen LogP contribution in [0.1, 0.15) is 44.7 Å². The minimum absolute atomic E-state index is 0.325. The Bertz CT molecular complexity index is 390. The van der Waals surface area contributed by atoms with E-state index >= 15 is 0 Å². The van der Waals surface area contributed by atoms with Gasteiger partial charge in [0.25, 0.3) is 6.41 Å². The summed E-state index contributed by atoms with van der Waals surface area (Å²) >= 11 is 0. The number of hydrogen-bond acceptors (Lipinski definition) is 3. The van der Waals surface area contributed by atoms with E-state index < -0.39 is 0 Å². The fourth-order valence-electron chi connectivity index (χ4n) is 1.87. The van der Waals surface area contributed by atoms with Crippen molar-refractivity contribution in [1.29, 1.82) is 0 Å². The van der Waals surface area contributed by atoms with Crippen LogP contribution in [0.25, 0.3) is 0 Å². The first-order valence-electron chi connectivity index (χ1n) is 7.08. The molecule has 0 bridgehead atoms. The van der Waals surface area contributed by atoms with Crippen molar-refractivity contribution in [2.45, 2.75) is 47.0 Å².